The van der Waals surface area contributed by atoms with Gasteiger partial charge in [-0.25, -0.2) is 4.39 Å². The van der Waals surface area contributed by atoms with Crippen molar-refractivity contribution in [3.8, 4) is 0 Å². The third-order valence-corrected chi connectivity index (χ3v) is 6.41. The largest absolute Gasteiger partial charge is 0.474 e. The van der Waals surface area contributed by atoms with E-state index in [1.54, 1.807) is 19.2 Å². The zero-order chi connectivity index (χ0) is 24.4. The van der Waals surface area contributed by atoms with Gasteiger partial charge in [0.2, 0.25) is 0 Å². The smallest absolute Gasteiger partial charge is 0.283 e. The minimum atomic E-state index is -0.751. The first-order valence-electron chi connectivity index (χ1n) is 11.2. The van der Waals surface area contributed by atoms with Gasteiger partial charge in [0.25, 0.3) is 8.05 Å². The Morgan fingerprint density at radius 3 is 2.12 bits per heavy atom. The van der Waals surface area contributed by atoms with Crippen molar-refractivity contribution in [3.63, 3.8) is 0 Å². The van der Waals surface area contributed by atoms with Crippen LogP contribution in [0, 0.1) is 5.82 Å². The molecule has 1 aliphatic rings. The normalized spacial score (nSPS) is 22.2. The minimum absolute atomic E-state index is 0.282. The molecular formula is C25H39BFNO4. The van der Waals surface area contributed by atoms with Gasteiger partial charge in [-0.1, -0.05) is 12.1 Å². The number of rotatable bonds is 10. The van der Waals surface area contributed by atoms with Crippen molar-refractivity contribution in [2.45, 2.75) is 90.3 Å². The third-order valence-electron chi connectivity index (χ3n) is 6.41. The Bertz CT molecular complexity index is 788. The number of methoxy groups -OCH3 is 1. The highest BCUT2D eigenvalue weighted by Gasteiger charge is 2.52. The fraction of sp³-hybridized carbons (Fsp3) is 0.680. The Labute approximate surface area is 194 Å². The molecule has 5 nitrogen and oxygen atoms in total. The van der Waals surface area contributed by atoms with Gasteiger partial charge in [0, 0.05) is 26.3 Å². The summed E-state index contributed by atoms with van der Waals surface area (Å²) in [4.78, 5) is 2.20. The third kappa shape index (κ3) is 5.67. The van der Waals surface area contributed by atoms with E-state index >= 15 is 0 Å². The standard InChI is InChI=1S/C25H39BFNO4/c1-22(2,3)31-21-17-20(30-23(4,5)24(6,7)32-26)25(8,28(21)15-10-16-29-9)18-11-13-19(27)14-12-18/h11-14,17,20H,10,15-16H2,1-9H3/t20-,25+/m1/s1. The Hall–Kier alpha value is -1.57. The van der Waals surface area contributed by atoms with E-state index in [0.717, 1.165) is 17.9 Å². The van der Waals surface area contributed by atoms with E-state index in [0.29, 0.717) is 13.2 Å². The maximum absolute atomic E-state index is 13.8. The second kappa shape index (κ2) is 9.74. The summed E-state index contributed by atoms with van der Waals surface area (Å²) in [5.74, 6) is 0.448. The lowest BCUT2D eigenvalue weighted by molar-refractivity contribution is -0.175. The molecule has 1 aliphatic heterocycles. The van der Waals surface area contributed by atoms with E-state index in [1.807, 2.05) is 54.5 Å². The van der Waals surface area contributed by atoms with Gasteiger partial charge >= 0.3 is 0 Å². The van der Waals surface area contributed by atoms with Crippen molar-refractivity contribution < 1.29 is 23.3 Å². The fourth-order valence-corrected chi connectivity index (χ4v) is 3.73. The quantitative estimate of drug-likeness (QED) is 0.369. The van der Waals surface area contributed by atoms with Crippen LogP contribution in [0.2, 0.25) is 0 Å². The number of hydrogen-bond donors (Lipinski definition) is 0. The van der Waals surface area contributed by atoms with Gasteiger partial charge in [0.1, 0.15) is 17.5 Å². The second-order valence-electron chi connectivity index (χ2n) is 10.5. The van der Waals surface area contributed by atoms with Gasteiger partial charge in [0.15, 0.2) is 5.88 Å². The molecule has 0 aliphatic carbocycles. The molecule has 32 heavy (non-hydrogen) atoms. The fourth-order valence-electron chi connectivity index (χ4n) is 3.73. The van der Waals surface area contributed by atoms with E-state index in [2.05, 4.69) is 11.8 Å². The maximum Gasteiger partial charge on any atom is 0.283 e. The second-order valence-corrected chi connectivity index (χ2v) is 10.5. The van der Waals surface area contributed by atoms with E-state index in [-0.39, 0.29) is 5.82 Å². The van der Waals surface area contributed by atoms with Gasteiger partial charge in [-0.3, -0.25) is 0 Å². The highest BCUT2D eigenvalue weighted by molar-refractivity contribution is 5.98. The van der Waals surface area contributed by atoms with E-state index in [1.165, 1.54) is 12.1 Å². The Morgan fingerprint density at radius 1 is 1.03 bits per heavy atom. The van der Waals surface area contributed by atoms with Gasteiger partial charge in [-0.2, -0.15) is 0 Å². The molecule has 0 aromatic heterocycles. The summed E-state index contributed by atoms with van der Waals surface area (Å²) in [7, 11) is 7.28. The van der Waals surface area contributed by atoms with Crippen LogP contribution in [0.3, 0.4) is 0 Å². The highest BCUT2D eigenvalue weighted by atomic mass is 19.1. The van der Waals surface area contributed by atoms with Gasteiger partial charge in [0.05, 0.1) is 16.7 Å². The molecule has 0 amide bonds. The molecule has 2 atom stereocenters. The van der Waals surface area contributed by atoms with Crippen molar-refractivity contribution >= 4 is 8.05 Å². The number of nitrogens with zero attached hydrogens (tertiary/aromatic N) is 1. The van der Waals surface area contributed by atoms with Crippen molar-refractivity contribution in [2.24, 2.45) is 0 Å². The molecule has 0 spiro atoms. The lowest BCUT2D eigenvalue weighted by Gasteiger charge is -2.48. The summed E-state index contributed by atoms with van der Waals surface area (Å²) in [5, 5.41) is 0. The molecule has 178 valence electrons. The number of benzene rings is 1. The van der Waals surface area contributed by atoms with Crippen LogP contribution in [-0.4, -0.2) is 56.1 Å². The monoisotopic (exact) mass is 447 g/mol. The summed E-state index contributed by atoms with van der Waals surface area (Å²) in [5.41, 5.74) is -1.62. The average Bonchev–Trinajstić information content (AvgIpc) is 2.92. The Kier molecular flexibility index (Phi) is 8.12. The summed E-state index contributed by atoms with van der Waals surface area (Å²) in [6.45, 7) is 17.1. The van der Waals surface area contributed by atoms with Crippen LogP contribution >= 0.6 is 0 Å². The number of ether oxygens (including phenoxy) is 3. The van der Waals surface area contributed by atoms with Gasteiger partial charge in [-0.05, 0) is 79.5 Å². The predicted molar refractivity (Wildman–Crippen MR) is 126 cm³/mol. The lowest BCUT2D eigenvalue weighted by Crippen LogP contribution is -2.55. The van der Waals surface area contributed by atoms with Crippen molar-refractivity contribution in [3.05, 3.63) is 47.6 Å². The molecule has 1 aromatic rings. The molecule has 0 saturated heterocycles. The van der Waals surface area contributed by atoms with Crippen LogP contribution in [0.5, 0.6) is 0 Å². The maximum atomic E-state index is 13.8. The highest BCUT2D eigenvalue weighted by Crippen LogP contribution is 2.46. The first kappa shape index (κ1) is 26.7. The van der Waals surface area contributed by atoms with E-state index in [4.69, 9.17) is 26.9 Å². The van der Waals surface area contributed by atoms with E-state index in [9.17, 15) is 4.39 Å². The van der Waals surface area contributed by atoms with Crippen LogP contribution in [0.25, 0.3) is 0 Å². The lowest BCUT2D eigenvalue weighted by atomic mass is 9.84. The van der Waals surface area contributed by atoms with Crippen LogP contribution < -0.4 is 0 Å². The molecule has 2 rings (SSSR count). The van der Waals surface area contributed by atoms with Gasteiger partial charge < -0.3 is 23.8 Å². The summed E-state index contributed by atoms with van der Waals surface area (Å²) < 4.78 is 37.4. The molecule has 0 fully saturated rings. The molecule has 1 heterocycles. The van der Waals surface area contributed by atoms with Crippen LogP contribution in [-0.2, 0) is 24.4 Å². The molecule has 0 saturated carbocycles. The zero-order valence-corrected chi connectivity index (χ0v) is 21.1. The van der Waals surface area contributed by atoms with Crippen molar-refractivity contribution in [2.75, 3.05) is 20.3 Å². The molecule has 7 heteroatoms. The first-order chi connectivity index (χ1) is 14.7. The summed E-state index contributed by atoms with van der Waals surface area (Å²) in [6.07, 6.45) is 2.40. The molecule has 0 bridgehead atoms. The Morgan fingerprint density at radius 2 is 1.62 bits per heavy atom. The van der Waals surface area contributed by atoms with E-state index < -0.39 is 28.4 Å². The summed E-state index contributed by atoms with van der Waals surface area (Å²) in [6, 6.07) is 6.57. The van der Waals surface area contributed by atoms with Crippen LogP contribution in [0.15, 0.2) is 36.2 Å². The SMILES string of the molecule is [B]OC(C)(C)C(C)(C)O[C@@H]1C=C(OC(C)(C)C)N(CCCOC)[C@@]1(C)c1ccc(F)cc1. The summed E-state index contributed by atoms with van der Waals surface area (Å²) >= 11 is 0. The topological polar surface area (TPSA) is 40.2 Å². The molecular weight excluding hydrogens is 408 g/mol. The zero-order valence-electron chi connectivity index (χ0n) is 21.1. The molecule has 0 unspecified atom stereocenters. The van der Waals surface area contributed by atoms with Gasteiger partial charge in [-0.15, -0.1) is 0 Å². The predicted octanol–water partition coefficient (Wildman–Crippen LogP) is 5.09. The van der Waals surface area contributed by atoms with Crippen molar-refractivity contribution in [1.29, 1.82) is 0 Å². The average molecular weight is 447 g/mol. The first-order valence-corrected chi connectivity index (χ1v) is 11.2. The number of halogens is 1. The van der Waals surface area contributed by atoms with Crippen LogP contribution in [0.1, 0.15) is 67.4 Å². The van der Waals surface area contributed by atoms with Crippen molar-refractivity contribution in [1.82, 2.24) is 4.90 Å². The Balaban J connectivity index is 2.58. The van der Waals surface area contributed by atoms with Crippen LogP contribution in [0.4, 0.5) is 4.39 Å². The number of hydrogen-bond acceptors (Lipinski definition) is 5. The minimum Gasteiger partial charge on any atom is -0.474 e. The molecule has 0 N–H and O–H groups in total. The molecule has 1 aromatic carbocycles. The molecule has 2 radical (unpaired) electrons.